The van der Waals surface area contributed by atoms with Crippen LogP contribution in [-0.4, -0.2) is 38.9 Å². The predicted molar refractivity (Wildman–Crippen MR) is 108 cm³/mol. The Morgan fingerprint density at radius 1 is 1.15 bits per heavy atom. The summed E-state index contributed by atoms with van der Waals surface area (Å²) >= 11 is 0. The number of rotatable bonds is 5. The summed E-state index contributed by atoms with van der Waals surface area (Å²) in [6.45, 7) is 5.13. The van der Waals surface area contributed by atoms with Gasteiger partial charge in [-0.3, -0.25) is 4.99 Å². The van der Waals surface area contributed by atoms with Gasteiger partial charge in [-0.05, 0) is 42.7 Å². The summed E-state index contributed by atoms with van der Waals surface area (Å²) in [5, 5.41) is 6.81. The highest BCUT2D eigenvalue weighted by Gasteiger charge is 2.22. The van der Waals surface area contributed by atoms with Gasteiger partial charge in [-0.1, -0.05) is 24.3 Å². The quantitative estimate of drug-likeness (QED) is 0.629. The molecule has 2 aliphatic rings. The third kappa shape index (κ3) is 3.79. The number of hydrogen-bond acceptors (Lipinski definition) is 4. The molecule has 142 valence electrons. The van der Waals surface area contributed by atoms with E-state index >= 15 is 0 Å². The van der Waals surface area contributed by atoms with Crippen LogP contribution in [0.4, 0.5) is 5.69 Å². The largest absolute Gasteiger partial charge is 0.454 e. The Labute approximate surface area is 160 Å². The average molecular weight is 366 g/mol. The zero-order valence-corrected chi connectivity index (χ0v) is 15.9. The van der Waals surface area contributed by atoms with Gasteiger partial charge < -0.3 is 25.0 Å². The summed E-state index contributed by atoms with van der Waals surface area (Å²) in [5.74, 6) is 2.41. The van der Waals surface area contributed by atoms with Crippen molar-refractivity contribution in [2.24, 2.45) is 4.99 Å². The van der Waals surface area contributed by atoms with Crippen LogP contribution < -0.4 is 25.0 Å². The summed E-state index contributed by atoms with van der Waals surface area (Å²) in [7, 11) is 1.80. The molecule has 0 saturated carbocycles. The molecule has 0 aliphatic carbocycles. The molecule has 2 N–H and O–H groups in total. The average Bonchev–Trinajstić information content (AvgIpc) is 3.34. The molecule has 6 nitrogen and oxygen atoms in total. The molecule has 0 radical (unpaired) electrons. The van der Waals surface area contributed by atoms with Crippen LogP contribution in [0, 0.1) is 0 Å². The minimum atomic E-state index is 0.299. The highest BCUT2D eigenvalue weighted by Crippen LogP contribution is 2.32. The number of anilines is 1. The van der Waals surface area contributed by atoms with E-state index in [-0.39, 0.29) is 0 Å². The van der Waals surface area contributed by atoms with Gasteiger partial charge in [0, 0.05) is 38.4 Å². The van der Waals surface area contributed by atoms with Crippen LogP contribution in [0.5, 0.6) is 11.5 Å². The molecule has 2 aliphatic heterocycles. The van der Waals surface area contributed by atoms with E-state index in [4.69, 9.17) is 9.47 Å². The van der Waals surface area contributed by atoms with Gasteiger partial charge in [0.1, 0.15) is 0 Å². The van der Waals surface area contributed by atoms with Crippen molar-refractivity contribution in [1.29, 1.82) is 0 Å². The van der Waals surface area contributed by atoms with Crippen LogP contribution >= 0.6 is 0 Å². The molecule has 4 rings (SSSR count). The molecular formula is C21H26N4O2. The molecule has 0 bridgehead atoms. The Hall–Kier alpha value is -2.89. The second kappa shape index (κ2) is 7.78. The van der Waals surface area contributed by atoms with Crippen molar-refractivity contribution in [3.63, 3.8) is 0 Å². The van der Waals surface area contributed by atoms with E-state index in [1.807, 2.05) is 18.2 Å². The first-order valence-corrected chi connectivity index (χ1v) is 9.42. The van der Waals surface area contributed by atoms with E-state index in [0.29, 0.717) is 19.4 Å². The van der Waals surface area contributed by atoms with E-state index in [9.17, 15) is 0 Å². The van der Waals surface area contributed by atoms with Crippen molar-refractivity contribution < 1.29 is 9.47 Å². The van der Waals surface area contributed by atoms with Gasteiger partial charge in [0.15, 0.2) is 17.5 Å². The van der Waals surface area contributed by atoms with Gasteiger partial charge in [-0.15, -0.1) is 0 Å². The van der Waals surface area contributed by atoms with E-state index in [1.54, 1.807) is 7.05 Å². The van der Waals surface area contributed by atoms with Crippen molar-refractivity contribution in [3.05, 3.63) is 53.6 Å². The molecule has 2 heterocycles. The first kappa shape index (κ1) is 17.5. The van der Waals surface area contributed by atoms with Gasteiger partial charge in [0.2, 0.25) is 6.79 Å². The molecule has 0 amide bonds. The Morgan fingerprint density at radius 2 is 2.00 bits per heavy atom. The molecule has 2 aromatic carbocycles. The van der Waals surface area contributed by atoms with E-state index in [1.165, 1.54) is 11.3 Å². The number of benzene rings is 2. The van der Waals surface area contributed by atoms with Crippen molar-refractivity contribution in [3.8, 4) is 11.5 Å². The maximum absolute atomic E-state index is 5.44. The van der Waals surface area contributed by atoms with Crippen LogP contribution in [0.25, 0.3) is 0 Å². The highest BCUT2D eigenvalue weighted by molar-refractivity contribution is 5.79. The Balaban J connectivity index is 1.29. The first-order valence-electron chi connectivity index (χ1n) is 9.42. The van der Waals surface area contributed by atoms with Crippen LogP contribution in [-0.2, 0) is 13.0 Å². The monoisotopic (exact) mass is 366 g/mol. The molecule has 0 spiro atoms. The van der Waals surface area contributed by atoms with E-state index in [2.05, 4.69) is 51.7 Å². The Bertz CT molecular complexity index is 837. The maximum Gasteiger partial charge on any atom is 0.231 e. The fraction of sp³-hybridized carbons (Fsp3) is 0.381. The summed E-state index contributed by atoms with van der Waals surface area (Å²) in [4.78, 5) is 6.80. The number of fused-ring (bicyclic) bond motifs is 2. The lowest BCUT2D eigenvalue weighted by Crippen LogP contribution is -2.45. The lowest BCUT2D eigenvalue weighted by molar-refractivity contribution is 0.174. The van der Waals surface area contributed by atoms with Crippen LogP contribution in [0.3, 0.4) is 0 Å². The molecule has 0 aromatic heterocycles. The number of nitrogens with one attached hydrogen (secondary N) is 2. The number of ether oxygens (including phenoxy) is 2. The Morgan fingerprint density at radius 3 is 2.89 bits per heavy atom. The fourth-order valence-corrected chi connectivity index (χ4v) is 3.63. The maximum atomic E-state index is 5.44. The lowest BCUT2D eigenvalue weighted by atomic mass is 10.2. The van der Waals surface area contributed by atoms with Gasteiger partial charge in [0.25, 0.3) is 0 Å². The summed E-state index contributed by atoms with van der Waals surface area (Å²) in [6, 6.07) is 15.0. The minimum absolute atomic E-state index is 0.299. The van der Waals surface area contributed by atoms with Crippen molar-refractivity contribution in [2.75, 3.05) is 31.8 Å². The second-order valence-corrected chi connectivity index (χ2v) is 6.92. The lowest BCUT2D eigenvalue weighted by Gasteiger charge is -2.28. The highest BCUT2D eigenvalue weighted by atomic mass is 16.7. The fourth-order valence-electron chi connectivity index (χ4n) is 3.63. The van der Waals surface area contributed by atoms with Crippen LogP contribution in [0.1, 0.15) is 18.1 Å². The summed E-state index contributed by atoms with van der Waals surface area (Å²) in [6.07, 6.45) is 1.12. The van der Waals surface area contributed by atoms with E-state index in [0.717, 1.165) is 42.5 Å². The molecular weight excluding hydrogens is 340 g/mol. The molecule has 6 heteroatoms. The molecule has 0 fully saturated rings. The Kier molecular flexibility index (Phi) is 5.05. The molecule has 27 heavy (non-hydrogen) atoms. The molecule has 0 saturated heterocycles. The summed E-state index contributed by atoms with van der Waals surface area (Å²) < 4.78 is 10.8. The number of para-hydroxylation sites is 1. The second-order valence-electron chi connectivity index (χ2n) is 6.92. The predicted octanol–water partition coefficient (Wildman–Crippen LogP) is 2.53. The number of nitrogens with zero attached hydrogens (tertiary/aromatic N) is 2. The van der Waals surface area contributed by atoms with Crippen molar-refractivity contribution in [1.82, 2.24) is 10.6 Å². The van der Waals surface area contributed by atoms with Crippen molar-refractivity contribution >= 4 is 11.6 Å². The molecule has 1 atom stereocenters. The van der Waals surface area contributed by atoms with Gasteiger partial charge in [0.05, 0.1) is 0 Å². The smallest absolute Gasteiger partial charge is 0.231 e. The molecule has 2 aromatic rings. The van der Waals surface area contributed by atoms with Gasteiger partial charge in [-0.2, -0.15) is 0 Å². The van der Waals surface area contributed by atoms with Crippen LogP contribution in [0.15, 0.2) is 47.5 Å². The van der Waals surface area contributed by atoms with Gasteiger partial charge >= 0.3 is 0 Å². The normalized spacial score (nSPS) is 16.2. The zero-order chi connectivity index (χ0) is 18.6. The number of hydrogen-bond donors (Lipinski definition) is 2. The first-order chi connectivity index (χ1) is 13.2. The topological polar surface area (TPSA) is 58.1 Å². The third-order valence-electron chi connectivity index (χ3n) is 5.14. The SMILES string of the molecule is CN=C(NCc1ccc2c(c1)OCO2)NCC(C)N1CCc2ccccc21. The standard InChI is InChI=1S/C21H26N4O2/c1-15(25-10-9-17-5-3-4-6-18(17)25)12-23-21(22-2)24-13-16-7-8-19-20(11-16)27-14-26-19/h3-8,11,15H,9-10,12-14H2,1-2H3,(H2,22,23,24). The molecule has 1 unspecified atom stereocenters. The van der Waals surface area contributed by atoms with E-state index < -0.39 is 0 Å². The number of guanidine groups is 1. The van der Waals surface area contributed by atoms with Crippen LogP contribution in [0.2, 0.25) is 0 Å². The summed E-state index contributed by atoms with van der Waals surface area (Å²) in [5.41, 5.74) is 3.92. The van der Waals surface area contributed by atoms with Crippen molar-refractivity contribution in [2.45, 2.75) is 25.9 Å². The van der Waals surface area contributed by atoms with Gasteiger partial charge in [-0.25, -0.2) is 0 Å². The number of aliphatic imine (C=N–C) groups is 1. The third-order valence-corrected chi connectivity index (χ3v) is 5.14. The zero-order valence-electron chi connectivity index (χ0n) is 15.9. The minimum Gasteiger partial charge on any atom is -0.454 e.